The molecule has 1 saturated carbocycles. The molecule has 3 aromatic rings. The van der Waals surface area contributed by atoms with Crippen LogP contribution in [-0.4, -0.2) is 20.9 Å². The lowest BCUT2D eigenvalue weighted by molar-refractivity contribution is -0.117. The molecule has 1 aliphatic rings. The number of carbonyl (C=O) groups is 1. The predicted octanol–water partition coefficient (Wildman–Crippen LogP) is 3.93. The van der Waals surface area contributed by atoms with E-state index in [1.165, 1.54) is 12.4 Å². The van der Waals surface area contributed by atoms with Crippen molar-refractivity contribution in [3.8, 4) is 6.07 Å². The molecule has 1 fully saturated rings. The van der Waals surface area contributed by atoms with Crippen molar-refractivity contribution in [1.82, 2.24) is 15.0 Å². The first-order valence-electron chi connectivity index (χ1n) is 9.15. The standard InChI is InChI=1S/C20H19FN6O/c1-3-12-6-11(8-22)7-14(21)16(12)25-18-10(2)15-17(24-9-23-15)19(26-18)27-20(28)13-4-5-13/h6-7,9,13H,3-5H2,1-2H3,(H,23,24)(H2,25,26,27,28). The Hall–Kier alpha value is -3.47. The number of amides is 1. The normalized spacial score (nSPS) is 13.4. The minimum Gasteiger partial charge on any atom is -0.342 e. The minimum absolute atomic E-state index is 0.0279. The maximum absolute atomic E-state index is 14.6. The van der Waals surface area contributed by atoms with E-state index >= 15 is 0 Å². The van der Waals surface area contributed by atoms with Gasteiger partial charge in [-0.05, 0) is 43.9 Å². The molecule has 0 atom stereocenters. The number of fused-ring (bicyclic) bond motifs is 1. The number of aryl methyl sites for hydroxylation is 2. The smallest absolute Gasteiger partial charge is 0.228 e. The molecule has 0 unspecified atom stereocenters. The minimum atomic E-state index is -0.525. The van der Waals surface area contributed by atoms with Gasteiger partial charge in [0.2, 0.25) is 5.91 Å². The number of nitrogens with one attached hydrogen (secondary N) is 3. The number of hydrogen-bond donors (Lipinski definition) is 3. The highest BCUT2D eigenvalue weighted by molar-refractivity contribution is 6.01. The monoisotopic (exact) mass is 378 g/mol. The van der Waals surface area contributed by atoms with Crippen LogP contribution in [-0.2, 0) is 11.2 Å². The Labute approximate surface area is 161 Å². The number of halogens is 1. The van der Waals surface area contributed by atoms with E-state index in [1.807, 2.05) is 19.9 Å². The number of anilines is 3. The molecule has 8 heteroatoms. The lowest BCUT2D eigenvalue weighted by Gasteiger charge is -2.16. The lowest BCUT2D eigenvalue weighted by Crippen LogP contribution is -2.15. The summed E-state index contributed by atoms with van der Waals surface area (Å²) in [4.78, 5) is 24.1. The molecule has 3 N–H and O–H groups in total. The van der Waals surface area contributed by atoms with Gasteiger partial charge >= 0.3 is 0 Å². The van der Waals surface area contributed by atoms with Crippen LogP contribution < -0.4 is 10.6 Å². The number of aromatic amines is 1. The van der Waals surface area contributed by atoms with Crippen molar-refractivity contribution in [2.75, 3.05) is 10.6 Å². The van der Waals surface area contributed by atoms with Gasteiger partial charge in [-0.25, -0.2) is 14.4 Å². The average Bonchev–Trinajstić information content (AvgIpc) is 3.42. The number of rotatable bonds is 5. The second-order valence-electron chi connectivity index (χ2n) is 6.91. The van der Waals surface area contributed by atoms with Gasteiger partial charge in [0.1, 0.15) is 17.2 Å². The second-order valence-corrected chi connectivity index (χ2v) is 6.91. The van der Waals surface area contributed by atoms with Crippen molar-refractivity contribution in [2.24, 2.45) is 5.92 Å². The Bertz CT molecular complexity index is 1130. The van der Waals surface area contributed by atoms with Gasteiger partial charge in [-0.3, -0.25) is 4.79 Å². The summed E-state index contributed by atoms with van der Waals surface area (Å²) in [5.41, 5.74) is 3.22. The third kappa shape index (κ3) is 3.16. The van der Waals surface area contributed by atoms with Gasteiger partial charge < -0.3 is 15.6 Å². The number of H-pyrrole nitrogens is 1. The topological polar surface area (TPSA) is 106 Å². The molecular weight excluding hydrogens is 359 g/mol. The van der Waals surface area contributed by atoms with Crippen molar-refractivity contribution in [3.05, 3.63) is 41.0 Å². The first-order chi connectivity index (χ1) is 13.5. The summed E-state index contributed by atoms with van der Waals surface area (Å²) >= 11 is 0. The summed E-state index contributed by atoms with van der Waals surface area (Å²) in [6.07, 6.45) is 3.84. The fourth-order valence-electron chi connectivity index (χ4n) is 3.16. The van der Waals surface area contributed by atoms with Gasteiger partial charge in [0, 0.05) is 11.5 Å². The summed E-state index contributed by atoms with van der Waals surface area (Å²) in [5.74, 6) is 0.202. The number of imidazole rings is 1. The highest BCUT2D eigenvalue weighted by Crippen LogP contribution is 2.34. The van der Waals surface area contributed by atoms with Gasteiger partial charge in [-0.15, -0.1) is 0 Å². The van der Waals surface area contributed by atoms with Crippen molar-refractivity contribution < 1.29 is 9.18 Å². The maximum Gasteiger partial charge on any atom is 0.228 e. The number of pyridine rings is 1. The van der Waals surface area contributed by atoms with Gasteiger partial charge in [0.05, 0.1) is 29.2 Å². The number of nitriles is 1. The zero-order valence-electron chi connectivity index (χ0n) is 15.6. The summed E-state index contributed by atoms with van der Waals surface area (Å²) in [7, 11) is 0. The van der Waals surface area contributed by atoms with Gasteiger partial charge in [0.25, 0.3) is 0 Å². The van der Waals surface area contributed by atoms with Gasteiger partial charge in [0.15, 0.2) is 5.82 Å². The fourth-order valence-corrected chi connectivity index (χ4v) is 3.16. The molecule has 0 bridgehead atoms. The molecule has 1 aromatic carbocycles. The second kappa shape index (κ2) is 6.93. The molecule has 0 spiro atoms. The van der Waals surface area contributed by atoms with Crippen LogP contribution in [0.15, 0.2) is 18.5 Å². The molecule has 0 radical (unpaired) electrons. The van der Waals surface area contributed by atoms with Crippen LogP contribution in [0.2, 0.25) is 0 Å². The van der Waals surface area contributed by atoms with E-state index in [0.29, 0.717) is 34.7 Å². The van der Waals surface area contributed by atoms with Crippen LogP contribution in [0.1, 0.15) is 36.5 Å². The molecule has 28 heavy (non-hydrogen) atoms. The summed E-state index contributed by atoms with van der Waals surface area (Å²) in [6.45, 7) is 3.72. The fraction of sp³-hybridized carbons (Fsp3) is 0.300. The number of aromatic nitrogens is 3. The molecule has 2 aromatic heterocycles. The average molecular weight is 378 g/mol. The van der Waals surface area contributed by atoms with Crippen LogP contribution in [0, 0.1) is 30.0 Å². The Morgan fingerprint density at radius 1 is 1.39 bits per heavy atom. The largest absolute Gasteiger partial charge is 0.342 e. The first kappa shape index (κ1) is 17.9. The number of carbonyl (C=O) groups excluding carboxylic acids is 1. The molecule has 1 aliphatic carbocycles. The van der Waals surface area contributed by atoms with Crippen LogP contribution in [0.4, 0.5) is 21.7 Å². The molecule has 0 saturated heterocycles. The number of nitrogens with zero attached hydrogens (tertiary/aromatic N) is 3. The first-order valence-corrected chi connectivity index (χ1v) is 9.15. The molecule has 1 amide bonds. The maximum atomic E-state index is 14.6. The Morgan fingerprint density at radius 3 is 2.86 bits per heavy atom. The Kier molecular flexibility index (Phi) is 4.43. The summed E-state index contributed by atoms with van der Waals surface area (Å²) in [5, 5.41) is 15.0. The summed E-state index contributed by atoms with van der Waals surface area (Å²) in [6, 6.07) is 4.82. The van der Waals surface area contributed by atoms with E-state index in [1.54, 1.807) is 6.07 Å². The van der Waals surface area contributed by atoms with Crippen LogP contribution in [0.3, 0.4) is 0 Å². The zero-order valence-corrected chi connectivity index (χ0v) is 15.6. The Balaban J connectivity index is 1.78. The van der Waals surface area contributed by atoms with E-state index in [4.69, 9.17) is 5.26 Å². The molecule has 0 aliphatic heterocycles. The van der Waals surface area contributed by atoms with Gasteiger partial charge in [-0.2, -0.15) is 5.26 Å². The third-order valence-electron chi connectivity index (χ3n) is 4.93. The SMILES string of the molecule is CCc1cc(C#N)cc(F)c1Nc1nc(NC(=O)C2CC2)c2[nH]cnc2c1C. The predicted molar refractivity (Wildman–Crippen MR) is 104 cm³/mol. The Morgan fingerprint density at radius 2 is 2.18 bits per heavy atom. The van der Waals surface area contributed by atoms with E-state index < -0.39 is 5.82 Å². The highest BCUT2D eigenvalue weighted by atomic mass is 19.1. The van der Waals surface area contributed by atoms with E-state index in [9.17, 15) is 9.18 Å². The molecule has 142 valence electrons. The van der Waals surface area contributed by atoms with Crippen molar-refractivity contribution in [2.45, 2.75) is 33.1 Å². The lowest BCUT2D eigenvalue weighted by atomic mass is 10.1. The van der Waals surface area contributed by atoms with Crippen LogP contribution >= 0.6 is 0 Å². The van der Waals surface area contributed by atoms with E-state index in [-0.39, 0.29) is 23.1 Å². The zero-order chi connectivity index (χ0) is 19.8. The number of benzene rings is 1. The third-order valence-corrected chi connectivity index (χ3v) is 4.93. The number of hydrogen-bond acceptors (Lipinski definition) is 5. The highest BCUT2D eigenvalue weighted by Gasteiger charge is 2.30. The van der Waals surface area contributed by atoms with Crippen molar-refractivity contribution in [1.29, 1.82) is 5.26 Å². The van der Waals surface area contributed by atoms with Gasteiger partial charge in [-0.1, -0.05) is 6.92 Å². The van der Waals surface area contributed by atoms with E-state index in [0.717, 1.165) is 18.4 Å². The molecule has 4 rings (SSSR count). The molecule has 7 nitrogen and oxygen atoms in total. The molecule has 2 heterocycles. The van der Waals surface area contributed by atoms with E-state index in [2.05, 4.69) is 25.6 Å². The van der Waals surface area contributed by atoms with Crippen molar-refractivity contribution >= 4 is 34.3 Å². The van der Waals surface area contributed by atoms with Crippen molar-refractivity contribution in [3.63, 3.8) is 0 Å². The van der Waals surface area contributed by atoms with Crippen LogP contribution in [0.5, 0.6) is 0 Å². The summed E-state index contributed by atoms with van der Waals surface area (Å²) < 4.78 is 14.6. The molecular formula is C20H19FN6O. The van der Waals surface area contributed by atoms with Crippen LogP contribution in [0.25, 0.3) is 11.0 Å². The quantitative estimate of drug-likeness (QED) is 0.624.